The molecule has 0 aliphatic carbocycles. The van der Waals surface area contributed by atoms with Crippen LogP contribution in [0.15, 0.2) is 0 Å². The fraction of sp³-hybridized carbons (Fsp3) is 0.800. The van der Waals surface area contributed by atoms with Crippen molar-refractivity contribution in [1.82, 2.24) is 10.2 Å². The van der Waals surface area contributed by atoms with Crippen LogP contribution in [0.25, 0.3) is 0 Å². The highest BCUT2D eigenvalue weighted by atomic mass is 16.1. The van der Waals surface area contributed by atoms with Gasteiger partial charge in [0, 0.05) is 26.6 Å². The van der Waals surface area contributed by atoms with Crippen molar-refractivity contribution in [2.24, 2.45) is 5.92 Å². The van der Waals surface area contributed by atoms with Crippen LogP contribution in [-0.2, 0) is 9.59 Å². The largest absolute Gasteiger partial charge is 0.359 e. The van der Waals surface area contributed by atoms with Crippen molar-refractivity contribution in [2.45, 2.75) is 19.3 Å². The molecule has 1 N–H and O–H groups in total. The third kappa shape index (κ3) is 3.10. The molecule has 14 heavy (non-hydrogen) atoms. The van der Waals surface area contributed by atoms with Gasteiger partial charge in [0.1, 0.15) is 6.29 Å². The molecular formula is C10H18N2O2. The van der Waals surface area contributed by atoms with Gasteiger partial charge in [-0.1, -0.05) is 0 Å². The summed E-state index contributed by atoms with van der Waals surface area (Å²) in [7, 11) is 1.67. The summed E-state index contributed by atoms with van der Waals surface area (Å²) in [5, 5.41) is 2.68. The van der Waals surface area contributed by atoms with Crippen molar-refractivity contribution in [3.63, 3.8) is 0 Å². The van der Waals surface area contributed by atoms with Gasteiger partial charge in [-0.3, -0.25) is 4.79 Å². The second-order valence-corrected chi connectivity index (χ2v) is 3.71. The van der Waals surface area contributed by atoms with E-state index in [1.807, 2.05) is 0 Å². The van der Waals surface area contributed by atoms with Crippen molar-refractivity contribution in [3.8, 4) is 0 Å². The van der Waals surface area contributed by atoms with Crippen LogP contribution in [-0.4, -0.2) is 43.8 Å². The smallest absolute Gasteiger partial charge is 0.224 e. The molecule has 1 aliphatic heterocycles. The van der Waals surface area contributed by atoms with E-state index in [2.05, 4.69) is 10.2 Å². The number of amides is 1. The topological polar surface area (TPSA) is 49.4 Å². The van der Waals surface area contributed by atoms with Crippen molar-refractivity contribution in [2.75, 3.05) is 26.7 Å². The Bertz CT molecular complexity index is 206. The summed E-state index contributed by atoms with van der Waals surface area (Å²) in [5.41, 5.74) is 0. The molecule has 0 spiro atoms. The number of aldehydes is 1. The summed E-state index contributed by atoms with van der Waals surface area (Å²) in [6, 6.07) is 0. The van der Waals surface area contributed by atoms with Gasteiger partial charge in [0.25, 0.3) is 0 Å². The van der Waals surface area contributed by atoms with E-state index in [0.29, 0.717) is 6.42 Å². The Morgan fingerprint density at radius 3 is 3.07 bits per heavy atom. The summed E-state index contributed by atoms with van der Waals surface area (Å²) in [4.78, 5) is 23.8. The van der Waals surface area contributed by atoms with Gasteiger partial charge >= 0.3 is 0 Å². The first-order chi connectivity index (χ1) is 6.77. The van der Waals surface area contributed by atoms with Gasteiger partial charge in [0.2, 0.25) is 5.91 Å². The Kier molecular flexibility index (Phi) is 4.59. The number of likely N-dealkylation sites (tertiary alicyclic amines) is 1. The molecule has 1 fully saturated rings. The van der Waals surface area contributed by atoms with Gasteiger partial charge in [-0.2, -0.15) is 0 Å². The average Bonchev–Trinajstić information content (AvgIpc) is 2.25. The third-order valence-electron chi connectivity index (χ3n) is 2.69. The summed E-state index contributed by atoms with van der Waals surface area (Å²) < 4.78 is 0. The number of hydrogen-bond donors (Lipinski definition) is 1. The van der Waals surface area contributed by atoms with Crippen molar-refractivity contribution in [1.29, 1.82) is 0 Å². The van der Waals surface area contributed by atoms with Crippen LogP contribution in [0.3, 0.4) is 0 Å². The maximum absolute atomic E-state index is 11.4. The molecule has 1 saturated heterocycles. The Morgan fingerprint density at radius 2 is 2.43 bits per heavy atom. The standard InChI is InChI=1S/C10H18N2O2/c1-11-10(14)9-4-2-5-12(8-9)6-3-7-13/h7,9H,2-6,8H2,1H3,(H,11,14). The van der Waals surface area contributed by atoms with Crippen molar-refractivity contribution < 1.29 is 9.59 Å². The van der Waals surface area contributed by atoms with Crippen molar-refractivity contribution >= 4 is 12.2 Å². The quantitative estimate of drug-likeness (QED) is 0.649. The second kappa shape index (κ2) is 5.75. The molecular weight excluding hydrogens is 180 g/mol. The highest BCUT2D eigenvalue weighted by Gasteiger charge is 2.24. The lowest BCUT2D eigenvalue weighted by atomic mass is 9.97. The van der Waals surface area contributed by atoms with E-state index >= 15 is 0 Å². The van der Waals surface area contributed by atoms with Gasteiger partial charge in [0.05, 0.1) is 5.92 Å². The number of hydrogen-bond acceptors (Lipinski definition) is 3. The van der Waals surface area contributed by atoms with E-state index in [4.69, 9.17) is 0 Å². The van der Waals surface area contributed by atoms with E-state index < -0.39 is 0 Å². The molecule has 0 bridgehead atoms. The fourth-order valence-corrected chi connectivity index (χ4v) is 1.91. The first-order valence-corrected chi connectivity index (χ1v) is 5.15. The average molecular weight is 198 g/mol. The minimum Gasteiger partial charge on any atom is -0.359 e. The monoisotopic (exact) mass is 198 g/mol. The minimum atomic E-state index is 0.111. The maximum Gasteiger partial charge on any atom is 0.224 e. The first kappa shape index (κ1) is 11.2. The molecule has 0 aromatic rings. The molecule has 1 atom stereocenters. The molecule has 1 aliphatic rings. The Morgan fingerprint density at radius 1 is 1.64 bits per heavy atom. The lowest BCUT2D eigenvalue weighted by molar-refractivity contribution is -0.126. The van der Waals surface area contributed by atoms with Crippen LogP contribution in [0.5, 0.6) is 0 Å². The van der Waals surface area contributed by atoms with Gasteiger partial charge in [0.15, 0.2) is 0 Å². The molecule has 1 amide bonds. The lowest BCUT2D eigenvalue weighted by Crippen LogP contribution is -2.42. The van der Waals surface area contributed by atoms with Crippen LogP contribution in [0.4, 0.5) is 0 Å². The van der Waals surface area contributed by atoms with E-state index in [1.54, 1.807) is 7.05 Å². The summed E-state index contributed by atoms with van der Waals surface area (Å²) in [6.45, 7) is 2.60. The van der Waals surface area contributed by atoms with Crippen LogP contribution >= 0.6 is 0 Å². The predicted octanol–water partition coefficient (Wildman–Crippen LogP) is 0.0334. The molecule has 0 aromatic carbocycles. The highest BCUT2D eigenvalue weighted by Crippen LogP contribution is 2.16. The maximum atomic E-state index is 11.4. The first-order valence-electron chi connectivity index (χ1n) is 5.15. The van der Waals surface area contributed by atoms with Gasteiger partial charge in [-0.05, 0) is 19.4 Å². The van der Waals surface area contributed by atoms with Gasteiger partial charge < -0.3 is 15.0 Å². The molecule has 0 radical (unpaired) electrons. The van der Waals surface area contributed by atoms with Crippen LogP contribution in [0, 0.1) is 5.92 Å². The molecule has 4 nitrogen and oxygen atoms in total. The SMILES string of the molecule is CNC(=O)C1CCCN(CCC=O)C1. The van der Waals surface area contributed by atoms with E-state index in [-0.39, 0.29) is 11.8 Å². The number of rotatable bonds is 4. The fourth-order valence-electron chi connectivity index (χ4n) is 1.91. The predicted molar refractivity (Wildman–Crippen MR) is 53.9 cm³/mol. The molecule has 1 rings (SSSR count). The zero-order chi connectivity index (χ0) is 10.4. The Balaban J connectivity index is 2.35. The normalized spacial score (nSPS) is 23.1. The van der Waals surface area contributed by atoms with E-state index in [9.17, 15) is 9.59 Å². The van der Waals surface area contributed by atoms with Crippen LogP contribution in [0.1, 0.15) is 19.3 Å². The number of nitrogens with zero attached hydrogens (tertiary/aromatic N) is 1. The van der Waals surface area contributed by atoms with E-state index in [0.717, 1.165) is 38.8 Å². The van der Waals surface area contributed by atoms with Crippen LogP contribution < -0.4 is 5.32 Å². The number of piperidine rings is 1. The zero-order valence-corrected chi connectivity index (χ0v) is 8.66. The summed E-state index contributed by atoms with van der Waals surface area (Å²) in [6.07, 6.45) is 3.53. The van der Waals surface area contributed by atoms with E-state index in [1.165, 1.54) is 0 Å². The molecule has 4 heteroatoms. The zero-order valence-electron chi connectivity index (χ0n) is 8.66. The third-order valence-corrected chi connectivity index (χ3v) is 2.69. The molecule has 1 unspecified atom stereocenters. The van der Waals surface area contributed by atoms with Crippen molar-refractivity contribution in [3.05, 3.63) is 0 Å². The number of nitrogens with one attached hydrogen (secondary N) is 1. The van der Waals surface area contributed by atoms with Gasteiger partial charge in [-0.15, -0.1) is 0 Å². The number of carbonyl (C=O) groups excluding carboxylic acids is 2. The molecule has 0 aromatic heterocycles. The minimum absolute atomic E-state index is 0.111. The molecule has 0 saturated carbocycles. The summed E-state index contributed by atoms with van der Waals surface area (Å²) >= 11 is 0. The van der Waals surface area contributed by atoms with Crippen LogP contribution in [0.2, 0.25) is 0 Å². The highest BCUT2D eigenvalue weighted by molar-refractivity contribution is 5.78. The number of carbonyl (C=O) groups is 2. The lowest BCUT2D eigenvalue weighted by Gasteiger charge is -2.31. The van der Waals surface area contributed by atoms with Gasteiger partial charge in [-0.25, -0.2) is 0 Å². The summed E-state index contributed by atoms with van der Waals surface area (Å²) in [5.74, 6) is 0.237. The molecule has 1 heterocycles. The Hall–Kier alpha value is -0.900. The molecule has 80 valence electrons. The Labute approximate surface area is 84.7 Å². The second-order valence-electron chi connectivity index (χ2n) is 3.71.